The average Bonchev–Trinajstić information content (AvgIpc) is 3.08. The third-order valence-electron chi connectivity index (χ3n) is 7.94. The molecule has 2 heteroatoms. The summed E-state index contributed by atoms with van der Waals surface area (Å²) in [4.78, 5) is 5.35. The van der Waals surface area contributed by atoms with Crippen LogP contribution in [0.4, 0.5) is 0 Å². The van der Waals surface area contributed by atoms with Crippen LogP contribution < -0.4 is 0 Å². The molecule has 3 fully saturated rings. The molecule has 0 radical (unpaired) electrons. The third kappa shape index (κ3) is 3.95. The molecule has 2 bridgehead atoms. The van der Waals surface area contributed by atoms with Gasteiger partial charge in [-0.1, -0.05) is 91.0 Å². The zero-order valence-electron chi connectivity index (χ0n) is 18.8. The molecule has 0 aromatic heterocycles. The number of nitrogens with zero attached hydrogens (tertiary/aromatic N) is 2. The van der Waals surface area contributed by atoms with E-state index in [0.29, 0.717) is 17.9 Å². The van der Waals surface area contributed by atoms with Crippen molar-refractivity contribution in [1.82, 2.24) is 9.80 Å². The van der Waals surface area contributed by atoms with Gasteiger partial charge in [0.05, 0.1) is 0 Å². The van der Waals surface area contributed by atoms with Crippen LogP contribution in [0.5, 0.6) is 0 Å². The van der Waals surface area contributed by atoms with E-state index in [4.69, 9.17) is 0 Å². The number of hydrogen-bond donors (Lipinski definition) is 0. The molecule has 31 heavy (non-hydrogen) atoms. The summed E-state index contributed by atoms with van der Waals surface area (Å²) in [5.41, 5.74) is 4.66. The Labute approximate surface area is 187 Å². The Morgan fingerprint density at radius 3 is 1.71 bits per heavy atom. The minimum absolute atomic E-state index is 0.239. The largest absolute Gasteiger partial charge is 0.304 e. The Morgan fingerprint density at radius 2 is 1.23 bits per heavy atom. The summed E-state index contributed by atoms with van der Waals surface area (Å²) < 4.78 is 0. The molecule has 3 aromatic carbocycles. The van der Waals surface area contributed by atoms with Crippen molar-refractivity contribution in [3.8, 4) is 0 Å². The first kappa shape index (κ1) is 20.5. The summed E-state index contributed by atoms with van der Waals surface area (Å²) in [6, 6.07) is 34.2. The van der Waals surface area contributed by atoms with Crippen LogP contribution in [-0.4, -0.2) is 42.0 Å². The van der Waals surface area contributed by atoms with E-state index in [9.17, 15) is 0 Å². The van der Waals surface area contributed by atoms with Crippen molar-refractivity contribution in [2.75, 3.05) is 20.6 Å². The smallest absolute Gasteiger partial charge is 0.0238 e. The fourth-order valence-electron chi connectivity index (χ4n) is 6.26. The second-order valence-electron chi connectivity index (χ2n) is 9.76. The molecule has 2 aliphatic heterocycles. The Morgan fingerprint density at radius 1 is 0.742 bits per heavy atom. The van der Waals surface area contributed by atoms with E-state index in [1.807, 2.05) is 0 Å². The normalized spacial score (nSPS) is 28.5. The highest BCUT2D eigenvalue weighted by molar-refractivity contribution is 5.32. The minimum Gasteiger partial charge on any atom is -0.304 e. The van der Waals surface area contributed by atoms with Crippen LogP contribution in [-0.2, 0) is 6.54 Å². The Balaban J connectivity index is 1.62. The number of rotatable bonds is 5. The molecule has 0 spiro atoms. The monoisotopic (exact) mass is 410 g/mol. The van der Waals surface area contributed by atoms with Gasteiger partial charge in [0.25, 0.3) is 0 Å². The fraction of sp³-hybridized carbons (Fsp3) is 0.379. The van der Waals surface area contributed by atoms with Crippen molar-refractivity contribution in [2.45, 2.75) is 49.2 Å². The van der Waals surface area contributed by atoms with Crippen molar-refractivity contribution in [3.63, 3.8) is 0 Å². The van der Waals surface area contributed by atoms with Crippen LogP contribution in [0.15, 0.2) is 91.0 Å². The van der Waals surface area contributed by atoms with E-state index >= 15 is 0 Å². The van der Waals surface area contributed by atoms with Crippen LogP contribution in [0, 0.1) is 0 Å². The van der Waals surface area contributed by atoms with Crippen molar-refractivity contribution in [3.05, 3.63) is 108 Å². The van der Waals surface area contributed by atoms with Gasteiger partial charge in [-0.3, -0.25) is 4.90 Å². The number of hydrogen-bond acceptors (Lipinski definition) is 2. The highest BCUT2D eigenvalue weighted by Gasteiger charge is 2.52. The van der Waals surface area contributed by atoms with Crippen LogP contribution in [0.3, 0.4) is 0 Å². The lowest BCUT2D eigenvalue weighted by Crippen LogP contribution is -2.52. The molecular weight excluding hydrogens is 376 g/mol. The molecule has 1 aliphatic carbocycles. The second-order valence-corrected chi connectivity index (χ2v) is 9.76. The van der Waals surface area contributed by atoms with Gasteiger partial charge in [-0.25, -0.2) is 0 Å². The summed E-state index contributed by atoms with van der Waals surface area (Å²) in [7, 11) is 4.61. The van der Waals surface area contributed by atoms with Crippen LogP contribution in [0.1, 0.15) is 47.8 Å². The van der Waals surface area contributed by atoms with Gasteiger partial charge >= 0.3 is 0 Å². The Hall–Kier alpha value is -2.42. The summed E-state index contributed by atoms with van der Waals surface area (Å²) in [5, 5.41) is 0. The van der Waals surface area contributed by atoms with E-state index < -0.39 is 0 Å². The quantitative estimate of drug-likeness (QED) is 0.515. The summed E-state index contributed by atoms with van der Waals surface area (Å²) in [6.07, 6.45) is 3.71. The fourth-order valence-corrected chi connectivity index (χ4v) is 6.26. The molecule has 3 aliphatic rings. The minimum atomic E-state index is 0.239. The molecule has 0 unspecified atom stereocenters. The lowest BCUT2D eigenvalue weighted by atomic mass is 9.63. The maximum absolute atomic E-state index is 2.81. The molecule has 2 saturated heterocycles. The first-order chi connectivity index (χ1) is 15.2. The highest BCUT2D eigenvalue weighted by Crippen LogP contribution is 2.53. The van der Waals surface area contributed by atoms with Gasteiger partial charge in [0.15, 0.2) is 0 Å². The van der Waals surface area contributed by atoms with Gasteiger partial charge in [0.1, 0.15) is 0 Å². The molecule has 2 nitrogen and oxygen atoms in total. The van der Waals surface area contributed by atoms with Crippen molar-refractivity contribution < 1.29 is 0 Å². The molecule has 2 atom stereocenters. The molecule has 1 saturated carbocycles. The molecule has 160 valence electrons. The topological polar surface area (TPSA) is 6.48 Å². The lowest BCUT2D eigenvalue weighted by molar-refractivity contribution is 0.0648. The maximum Gasteiger partial charge on any atom is 0.0238 e. The van der Waals surface area contributed by atoms with E-state index in [2.05, 4.69) is 115 Å². The first-order valence-electron chi connectivity index (χ1n) is 11.7. The highest BCUT2D eigenvalue weighted by atomic mass is 15.2. The third-order valence-corrected chi connectivity index (χ3v) is 7.94. The number of fused-ring (bicyclic) bond motifs is 4. The van der Waals surface area contributed by atoms with E-state index in [-0.39, 0.29) is 5.54 Å². The Kier molecular flexibility index (Phi) is 5.69. The zero-order chi connectivity index (χ0) is 21.3. The van der Waals surface area contributed by atoms with Crippen LogP contribution >= 0.6 is 0 Å². The number of benzene rings is 3. The zero-order valence-corrected chi connectivity index (χ0v) is 18.8. The van der Waals surface area contributed by atoms with E-state index in [0.717, 1.165) is 13.1 Å². The van der Waals surface area contributed by atoms with Gasteiger partial charge in [-0.15, -0.1) is 0 Å². The maximum atomic E-state index is 2.81. The van der Waals surface area contributed by atoms with E-state index in [1.54, 1.807) is 0 Å². The SMILES string of the molecule is CN(C)C12CCN(Cc3ccccc3)C([C@H](c3ccccc3)C1)[C@H](c1ccccc1)C2. The average molecular weight is 411 g/mol. The van der Waals surface area contributed by atoms with Crippen molar-refractivity contribution >= 4 is 0 Å². The van der Waals surface area contributed by atoms with Crippen molar-refractivity contribution in [2.24, 2.45) is 0 Å². The summed E-state index contributed by atoms with van der Waals surface area (Å²) in [6.45, 7) is 2.19. The van der Waals surface area contributed by atoms with Crippen LogP contribution in [0.25, 0.3) is 0 Å². The molecule has 0 N–H and O–H groups in total. The van der Waals surface area contributed by atoms with Gasteiger partial charge < -0.3 is 4.90 Å². The predicted molar refractivity (Wildman–Crippen MR) is 129 cm³/mol. The van der Waals surface area contributed by atoms with Gasteiger partial charge in [0, 0.05) is 36.5 Å². The molecule has 3 aromatic rings. The van der Waals surface area contributed by atoms with E-state index in [1.165, 1.54) is 36.0 Å². The summed E-state index contributed by atoms with van der Waals surface area (Å²) in [5.74, 6) is 1.07. The lowest BCUT2D eigenvalue weighted by Gasteiger charge is -2.51. The molecule has 2 heterocycles. The standard InChI is InChI=1S/C29H34N2/c1-30(2)29-18-19-31(22-23-12-6-3-7-13-23)28(26(20-29)24-14-8-4-9-15-24)27(21-29)25-16-10-5-11-17-25/h3-17,26-28H,18-22H2,1-2H3/t26-,27-,28?,29?/m0/s1. The Bertz CT molecular complexity index is 918. The molecule has 0 amide bonds. The second kappa shape index (κ2) is 8.61. The first-order valence-corrected chi connectivity index (χ1v) is 11.7. The molecule has 6 rings (SSSR count). The van der Waals surface area contributed by atoms with Crippen molar-refractivity contribution in [1.29, 1.82) is 0 Å². The van der Waals surface area contributed by atoms with Gasteiger partial charge in [-0.2, -0.15) is 0 Å². The predicted octanol–water partition coefficient (Wildman–Crippen LogP) is 5.92. The van der Waals surface area contributed by atoms with Gasteiger partial charge in [-0.05, 0) is 50.0 Å². The summed E-state index contributed by atoms with van der Waals surface area (Å²) >= 11 is 0. The molecular formula is C29H34N2. The van der Waals surface area contributed by atoms with Gasteiger partial charge in [0.2, 0.25) is 0 Å². The van der Waals surface area contributed by atoms with Crippen LogP contribution in [0.2, 0.25) is 0 Å².